The van der Waals surface area contributed by atoms with Crippen LogP contribution in [0.4, 0.5) is 5.69 Å². The summed E-state index contributed by atoms with van der Waals surface area (Å²) in [6.07, 6.45) is 6.38. The van der Waals surface area contributed by atoms with Crippen LogP contribution in [0.25, 0.3) is 0 Å². The Morgan fingerprint density at radius 2 is 1.70 bits per heavy atom. The highest BCUT2D eigenvalue weighted by Crippen LogP contribution is 2.22. The van der Waals surface area contributed by atoms with Gasteiger partial charge in [-0.3, -0.25) is 9.69 Å². The fourth-order valence-electron chi connectivity index (χ4n) is 3.98. The number of hydrogen-bond acceptors (Lipinski definition) is 4. The molecular weight excluding hydrogens is 362 g/mol. The third-order valence-corrected chi connectivity index (χ3v) is 7.36. The Morgan fingerprint density at radius 1 is 1.04 bits per heavy atom. The van der Waals surface area contributed by atoms with Crippen molar-refractivity contribution in [1.82, 2.24) is 9.21 Å². The standard InChI is InChI=1S/C20H31N3O3S/c1-17-7-6-12-22(15-17)16-20(24)21-18-8-10-19(11-9-18)27(25,26)23-13-4-2-3-5-14-23/h8-11,17H,2-7,12-16H2,1H3,(H,21,24)/t17-/m1/s1. The molecule has 0 spiro atoms. The van der Waals surface area contributed by atoms with E-state index < -0.39 is 10.0 Å². The van der Waals surface area contributed by atoms with Crippen molar-refractivity contribution in [3.63, 3.8) is 0 Å². The molecule has 3 rings (SSSR count). The molecule has 1 amide bonds. The molecule has 150 valence electrons. The quantitative estimate of drug-likeness (QED) is 0.835. The van der Waals surface area contributed by atoms with Crippen molar-refractivity contribution >= 4 is 21.6 Å². The van der Waals surface area contributed by atoms with Gasteiger partial charge in [0.05, 0.1) is 11.4 Å². The number of hydrogen-bond donors (Lipinski definition) is 1. The van der Waals surface area contributed by atoms with Crippen LogP contribution in [0.15, 0.2) is 29.2 Å². The molecule has 2 saturated heterocycles. The van der Waals surface area contributed by atoms with Crippen LogP contribution in [-0.4, -0.2) is 56.3 Å². The maximum Gasteiger partial charge on any atom is 0.243 e. The van der Waals surface area contributed by atoms with Gasteiger partial charge in [0.25, 0.3) is 0 Å². The van der Waals surface area contributed by atoms with Crippen LogP contribution in [0, 0.1) is 5.92 Å². The number of rotatable bonds is 5. The van der Waals surface area contributed by atoms with Gasteiger partial charge in [0.15, 0.2) is 0 Å². The lowest BCUT2D eigenvalue weighted by Crippen LogP contribution is -2.39. The lowest BCUT2D eigenvalue weighted by molar-refractivity contribution is -0.117. The predicted octanol–water partition coefficient (Wildman–Crippen LogP) is 2.92. The number of piperidine rings is 1. The smallest absolute Gasteiger partial charge is 0.243 e. The van der Waals surface area contributed by atoms with Gasteiger partial charge in [-0.15, -0.1) is 0 Å². The highest BCUT2D eigenvalue weighted by molar-refractivity contribution is 7.89. The second-order valence-corrected chi connectivity index (χ2v) is 9.81. The monoisotopic (exact) mass is 393 g/mol. The molecule has 1 atom stereocenters. The van der Waals surface area contributed by atoms with E-state index in [-0.39, 0.29) is 5.91 Å². The van der Waals surface area contributed by atoms with Gasteiger partial charge in [0, 0.05) is 25.3 Å². The van der Waals surface area contributed by atoms with Crippen molar-refractivity contribution in [1.29, 1.82) is 0 Å². The maximum absolute atomic E-state index is 12.8. The number of likely N-dealkylation sites (tertiary alicyclic amines) is 1. The average Bonchev–Trinajstić information content (AvgIpc) is 2.92. The topological polar surface area (TPSA) is 69.7 Å². The summed E-state index contributed by atoms with van der Waals surface area (Å²) in [5.74, 6) is 0.585. The third kappa shape index (κ3) is 5.53. The summed E-state index contributed by atoms with van der Waals surface area (Å²) in [5.41, 5.74) is 0.639. The van der Waals surface area contributed by atoms with E-state index in [0.29, 0.717) is 36.1 Å². The molecule has 2 aliphatic rings. The first-order chi connectivity index (χ1) is 12.9. The maximum atomic E-state index is 12.8. The lowest BCUT2D eigenvalue weighted by atomic mass is 10.0. The second kappa shape index (κ2) is 9.17. The fraction of sp³-hybridized carbons (Fsp3) is 0.650. The van der Waals surface area contributed by atoms with Gasteiger partial charge >= 0.3 is 0 Å². The van der Waals surface area contributed by atoms with Crippen LogP contribution in [0.5, 0.6) is 0 Å². The van der Waals surface area contributed by atoms with Crippen molar-refractivity contribution in [2.75, 3.05) is 38.0 Å². The molecule has 1 aromatic carbocycles. The minimum atomic E-state index is -3.45. The number of anilines is 1. The Bertz CT molecular complexity index is 725. The first-order valence-electron chi connectivity index (χ1n) is 10.1. The van der Waals surface area contributed by atoms with Crippen molar-refractivity contribution < 1.29 is 13.2 Å². The zero-order chi connectivity index (χ0) is 19.3. The van der Waals surface area contributed by atoms with Crippen LogP contribution in [0.2, 0.25) is 0 Å². The zero-order valence-corrected chi connectivity index (χ0v) is 17.0. The fourth-order valence-corrected chi connectivity index (χ4v) is 5.49. The molecule has 7 heteroatoms. The molecule has 2 aliphatic heterocycles. The lowest BCUT2D eigenvalue weighted by Gasteiger charge is -2.30. The van der Waals surface area contributed by atoms with Gasteiger partial charge < -0.3 is 5.32 Å². The molecule has 0 aliphatic carbocycles. The SMILES string of the molecule is C[C@@H]1CCCN(CC(=O)Nc2ccc(S(=O)(=O)N3CCCCCC3)cc2)C1. The molecule has 2 fully saturated rings. The predicted molar refractivity (Wildman–Crippen MR) is 107 cm³/mol. The zero-order valence-electron chi connectivity index (χ0n) is 16.2. The summed E-state index contributed by atoms with van der Waals surface area (Å²) in [6, 6.07) is 6.56. The summed E-state index contributed by atoms with van der Waals surface area (Å²) < 4.78 is 27.2. The summed E-state index contributed by atoms with van der Waals surface area (Å²) in [5, 5.41) is 2.88. The van der Waals surface area contributed by atoms with E-state index in [0.717, 1.165) is 45.2 Å². The Balaban J connectivity index is 1.58. The summed E-state index contributed by atoms with van der Waals surface area (Å²) >= 11 is 0. The van der Waals surface area contributed by atoms with Gasteiger partial charge in [-0.25, -0.2) is 8.42 Å². The van der Waals surface area contributed by atoms with Gasteiger partial charge in [-0.2, -0.15) is 4.31 Å². The first kappa shape index (κ1) is 20.3. The van der Waals surface area contributed by atoms with Crippen LogP contribution in [0.1, 0.15) is 45.4 Å². The Labute approximate surface area is 163 Å². The number of carbonyl (C=O) groups excluding carboxylic acids is 1. The second-order valence-electron chi connectivity index (χ2n) is 7.87. The molecule has 6 nitrogen and oxygen atoms in total. The summed E-state index contributed by atoms with van der Waals surface area (Å²) in [4.78, 5) is 14.8. The van der Waals surface area contributed by atoms with Crippen LogP contribution >= 0.6 is 0 Å². The summed E-state index contributed by atoms with van der Waals surface area (Å²) in [6.45, 7) is 5.71. The van der Waals surface area contributed by atoms with Gasteiger partial charge in [0.1, 0.15) is 0 Å². The van der Waals surface area contributed by atoms with Gasteiger partial charge in [-0.05, 0) is 62.4 Å². The molecule has 0 aromatic heterocycles. The third-order valence-electron chi connectivity index (χ3n) is 5.45. The highest BCUT2D eigenvalue weighted by Gasteiger charge is 2.25. The number of carbonyl (C=O) groups is 1. The molecule has 27 heavy (non-hydrogen) atoms. The number of sulfonamides is 1. The minimum Gasteiger partial charge on any atom is -0.325 e. The molecule has 0 saturated carbocycles. The van der Waals surface area contributed by atoms with Crippen molar-refractivity contribution in [2.45, 2.75) is 50.3 Å². The van der Waals surface area contributed by atoms with E-state index in [1.807, 2.05) is 0 Å². The van der Waals surface area contributed by atoms with Crippen molar-refractivity contribution in [2.24, 2.45) is 5.92 Å². The molecule has 2 heterocycles. The molecule has 0 bridgehead atoms. The number of amides is 1. The number of nitrogens with one attached hydrogen (secondary N) is 1. The van der Waals surface area contributed by atoms with Crippen molar-refractivity contribution in [3.05, 3.63) is 24.3 Å². The molecule has 0 radical (unpaired) electrons. The van der Waals surface area contributed by atoms with E-state index in [9.17, 15) is 13.2 Å². The highest BCUT2D eigenvalue weighted by atomic mass is 32.2. The number of benzene rings is 1. The van der Waals surface area contributed by atoms with Crippen LogP contribution in [0.3, 0.4) is 0 Å². The first-order valence-corrected chi connectivity index (χ1v) is 11.5. The molecule has 1 aromatic rings. The average molecular weight is 394 g/mol. The van der Waals surface area contributed by atoms with Crippen molar-refractivity contribution in [3.8, 4) is 0 Å². The summed E-state index contributed by atoms with van der Waals surface area (Å²) in [7, 11) is -3.45. The normalized spacial score (nSPS) is 22.9. The van der Waals surface area contributed by atoms with E-state index in [1.165, 1.54) is 6.42 Å². The minimum absolute atomic E-state index is 0.0489. The van der Waals surface area contributed by atoms with E-state index in [2.05, 4.69) is 17.1 Å². The van der Waals surface area contributed by atoms with E-state index in [1.54, 1.807) is 28.6 Å². The van der Waals surface area contributed by atoms with E-state index in [4.69, 9.17) is 0 Å². The van der Waals surface area contributed by atoms with Gasteiger partial charge in [-0.1, -0.05) is 19.8 Å². The molecular formula is C20H31N3O3S. The van der Waals surface area contributed by atoms with E-state index >= 15 is 0 Å². The van der Waals surface area contributed by atoms with Crippen LogP contribution in [-0.2, 0) is 14.8 Å². The Kier molecular flexibility index (Phi) is 6.89. The van der Waals surface area contributed by atoms with Crippen LogP contribution < -0.4 is 5.32 Å². The van der Waals surface area contributed by atoms with Gasteiger partial charge in [0.2, 0.25) is 15.9 Å². The molecule has 1 N–H and O–H groups in total. The number of nitrogens with zero attached hydrogens (tertiary/aromatic N) is 2. The Morgan fingerprint density at radius 3 is 2.33 bits per heavy atom. The molecule has 0 unspecified atom stereocenters. The Hall–Kier alpha value is -1.44. The largest absolute Gasteiger partial charge is 0.325 e.